The molecule has 21 heavy (non-hydrogen) atoms. The lowest BCUT2D eigenvalue weighted by Crippen LogP contribution is -1.99. The smallest absolute Gasteiger partial charge is 0.129 e. The third-order valence-electron chi connectivity index (χ3n) is 3.16. The van der Waals surface area contributed by atoms with E-state index >= 15 is 0 Å². The molecule has 0 bridgehead atoms. The van der Waals surface area contributed by atoms with Gasteiger partial charge in [-0.05, 0) is 46.3 Å². The van der Waals surface area contributed by atoms with Crippen LogP contribution in [0.5, 0.6) is 0 Å². The van der Waals surface area contributed by atoms with Crippen LogP contribution in [0.3, 0.4) is 0 Å². The normalized spacial score (nSPS) is 10.8. The van der Waals surface area contributed by atoms with Gasteiger partial charge in [0.15, 0.2) is 0 Å². The number of para-hydroxylation sites is 1. The van der Waals surface area contributed by atoms with Crippen molar-refractivity contribution in [3.8, 4) is 11.8 Å². The number of fused-ring (bicyclic) bond motifs is 1. The van der Waals surface area contributed by atoms with Gasteiger partial charge in [-0.1, -0.05) is 17.7 Å². The Morgan fingerprint density at radius 2 is 2.10 bits per heavy atom. The fourth-order valence-corrected chi connectivity index (χ4v) is 2.84. The molecular weight excluding hydrogens is 373 g/mol. The summed E-state index contributed by atoms with van der Waals surface area (Å²) in [5.41, 5.74) is 2.87. The van der Waals surface area contributed by atoms with E-state index in [0.29, 0.717) is 21.9 Å². The first-order chi connectivity index (χ1) is 10.2. The molecule has 0 saturated carbocycles. The van der Waals surface area contributed by atoms with Crippen LogP contribution in [0.25, 0.3) is 16.7 Å². The van der Waals surface area contributed by atoms with E-state index in [-0.39, 0.29) is 5.88 Å². The van der Waals surface area contributed by atoms with Crippen molar-refractivity contribution in [2.75, 3.05) is 0 Å². The van der Waals surface area contributed by atoms with Crippen molar-refractivity contribution in [3.05, 3.63) is 57.3 Å². The SMILES string of the molecule is N#Cc1cccc2c1nc(CCl)n2-c1ccc(Br)c(Cl)c1. The van der Waals surface area contributed by atoms with E-state index < -0.39 is 0 Å². The van der Waals surface area contributed by atoms with E-state index in [1.165, 1.54) is 0 Å². The highest BCUT2D eigenvalue weighted by atomic mass is 79.9. The molecule has 0 fully saturated rings. The second-order valence-electron chi connectivity index (χ2n) is 4.38. The second-order valence-corrected chi connectivity index (χ2v) is 5.91. The predicted octanol–water partition coefficient (Wildman–Crippen LogP) is 5.05. The van der Waals surface area contributed by atoms with Gasteiger partial charge >= 0.3 is 0 Å². The van der Waals surface area contributed by atoms with Crippen molar-refractivity contribution in [2.45, 2.75) is 5.88 Å². The van der Waals surface area contributed by atoms with E-state index in [1.54, 1.807) is 6.07 Å². The Hall–Kier alpha value is -1.54. The summed E-state index contributed by atoms with van der Waals surface area (Å²) in [5.74, 6) is 0.917. The van der Waals surface area contributed by atoms with Gasteiger partial charge in [-0.3, -0.25) is 4.57 Å². The quantitative estimate of drug-likeness (QED) is 0.583. The number of halogens is 3. The maximum absolute atomic E-state index is 9.20. The number of nitriles is 1. The average Bonchev–Trinajstić information content (AvgIpc) is 2.88. The zero-order chi connectivity index (χ0) is 15.0. The maximum Gasteiger partial charge on any atom is 0.129 e. The molecule has 104 valence electrons. The first-order valence-electron chi connectivity index (χ1n) is 6.07. The van der Waals surface area contributed by atoms with Crippen molar-refractivity contribution in [2.24, 2.45) is 0 Å². The minimum absolute atomic E-state index is 0.243. The highest BCUT2D eigenvalue weighted by molar-refractivity contribution is 9.10. The summed E-state index contributed by atoms with van der Waals surface area (Å²) < 4.78 is 2.74. The van der Waals surface area contributed by atoms with Crippen LogP contribution in [-0.4, -0.2) is 9.55 Å². The Bertz CT molecular complexity index is 880. The van der Waals surface area contributed by atoms with E-state index in [0.717, 1.165) is 15.7 Å². The van der Waals surface area contributed by atoms with Crippen molar-refractivity contribution in [1.29, 1.82) is 5.26 Å². The Labute approximate surface area is 139 Å². The molecule has 0 aliphatic carbocycles. The van der Waals surface area contributed by atoms with Crippen LogP contribution >= 0.6 is 39.1 Å². The molecule has 0 radical (unpaired) electrons. The number of alkyl halides is 1. The molecular formula is C15H8BrCl2N3. The summed E-state index contributed by atoms with van der Waals surface area (Å²) >= 11 is 15.6. The zero-order valence-corrected chi connectivity index (χ0v) is 13.7. The fraction of sp³-hybridized carbons (Fsp3) is 0.0667. The van der Waals surface area contributed by atoms with Crippen LogP contribution < -0.4 is 0 Å². The number of rotatable bonds is 2. The molecule has 2 aromatic carbocycles. The first-order valence-corrected chi connectivity index (χ1v) is 7.78. The van der Waals surface area contributed by atoms with Crippen molar-refractivity contribution < 1.29 is 0 Å². The monoisotopic (exact) mass is 379 g/mol. The van der Waals surface area contributed by atoms with Crippen molar-refractivity contribution in [1.82, 2.24) is 9.55 Å². The first kappa shape index (κ1) is 14.4. The summed E-state index contributed by atoms with van der Waals surface area (Å²) in [7, 11) is 0. The average molecular weight is 381 g/mol. The molecule has 0 unspecified atom stereocenters. The van der Waals surface area contributed by atoms with Crippen LogP contribution in [0.4, 0.5) is 0 Å². The number of hydrogen-bond donors (Lipinski definition) is 0. The lowest BCUT2D eigenvalue weighted by Gasteiger charge is -2.09. The van der Waals surface area contributed by atoms with Gasteiger partial charge in [-0.15, -0.1) is 11.6 Å². The molecule has 1 aromatic heterocycles. The second kappa shape index (κ2) is 5.69. The summed E-state index contributed by atoms with van der Waals surface area (Å²) in [4.78, 5) is 4.48. The predicted molar refractivity (Wildman–Crippen MR) is 88.1 cm³/mol. The zero-order valence-electron chi connectivity index (χ0n) is 10.6. The summed E-state index contributed by atoms with van der Waals surface area (Å²) in [6.45, 7) is 0. The summed E-state index contributed by atoms with van der Waals surface area (Å²) in [5, 5.41) is 9.80. The molecule has 0 N–H and O–H groups in total. The van der Waals surface area contributed by atoms with Crippen LogP contribution in [0.15, 0.2) is 40.9 Å². The van der Waals surface area contributed by atoms with E-state index in [1.807, 2.05) is 34.9 Å². The topological polar surface area (TPSA) is 41.6 Å². The largest absolute Gasteiger partial charge is 0.295 e. The van der Waals surface area contributed by atoms with Crippen LogP contribution in [-0.2, 0) is 5.88 Å². The number of hydrogen-bond acceptors (Lipinski definition) is 2. The lowest BCUT2D eigenvalue weighted by molar-refractivity contribution is 0.981. The highest BCUT2D eigenvalue weighted by Gasteiger charge is 2.15. The van der Waals surface area contributed by atoms with Gasteiger partial charge in [-0.2, -0.15) is 5.26 Å². The van der Waals surface area contributed by atoms with Crippen LogP contribution in [0.1, 0.15) is 11.4 Å². The number of imidazole rings is 1. The molecule has 6 heteroatoms. The Morgan fingerprint density at radius 3 is 2.76 bits per heavy atom. The maximum atomic E-state index is 9.20. The van der Waals surface area contributed by atoms with Gasteiger partial charge in [0, 0.05) is 10.2 Å². The molecule has 0 atom stereocenters. The summed E-state index contributed by atoms with van der Waals surface area (Å²) in [6.07, 6.45) is 0. The van der Waals surface area contributed by atoms with Gasteiger partial charge < -0.3 is 0 Å². The summed E-state index contributed by atoms with van der Waals surface area (Å²) in [6, 6.07) is 13.3. The van der Waals surface area contributed by atoms with Crippen molar-refractivity contribution in [3.63, 3.8) is 0 Å². The molecule has 3 aromatic rings. The number of benzene rings is 2. The molecule has 3 nitrogen and oxygen atoms in total. The minimum atomic E-state index is 0.243. The van der Waals surface area contributed by atoms with Gasteiger partial charge in [0.25, 0.3) is 0 Å². The van der Waals surface area contributed by atoms with Gasteiger partial charge in [0.1, 0.15) is 17.4 Å². The molecule has 0 saturated heterocycles. The lowest BCUT2D eigenvalue weighted by atomic mass is 10.2. The van der Waals surface area contributed by atoms with Crippen molar-refractivity contribution >= 4 is 50.2 Å². The van der Waals surface area contributed by atoms with Crippen LogP contribution in [0.2, 0.25) is 5.02 Å². The van der Waals surface area contributed by atoms with Gasteiger partial charge in [0.2, 0.25) is 0 Å². The molecule has 0 aliphatic heterocycles. The molecule has 0 spiro atoms. The molecule has 0 amide bonds. The van der Waals surface area contributed by atoms with Crippen LogP contribution in [0, 0.1) is 11.3 Å². The van der Waals surface area contributed by atoms with E-state index in [9.17, 15) is 5.26 Å². The standard InChI is InChI=1S/C15H8BrCl2N3/c16-11-5-4-10(6-12(11)18)21-13-3-1-2-9(8-19)15(13)20-14(21)7-17/h1-6H,7H2. The third kappa shape index (κ3) is 2.42. The number of nitrogens with zero attached hydrogens (tertiary/aromatic N) is 3. The fourth-order valence-electron chi connectivity index (χ4n) is 2.24. The van der Waals surface area contributed by atoms with Gasteiger partial charge in [0.05, 0.1) is 22.0 Å². The molecule has 1 heterocycles. The number of aromatic nitrogens is 2. The highest BCUT2D eigenvalue weighted by Crippen LogP contribution is 2.29. The van der Waals surface area contributed by atoms with E-state index in [2.05, 4.69) is 27.0 Å². The minimum Gasteiger partial charge on any atom is -0.295 e. The Kier molecular flexibility index (Phi) is 3.90. The van der Waals surface area contributed by atoms with Gasteiger partial charge in [-0.25, -0.2) is 4.98 Å². The molecule has 3 rings (SSSR count). The molecule has 0 aliphatic rings. The Morgan fingerprint density at radius 1 is 1.29 bits per heavy atom. The third-order valence-corrected chi connectivity index (χ3v) is 4.63. The van der Waals surface area contributed by atoms with E-state index in [4.69, 9.17) is 23.2 Å². The Balaban J connectivity index is 2.35.